The molecule has 3 aromatic carbocycles. The van der Waals surface area contributed by atoms with Crippen LogP contribution in [0.2, 0.25) is 0 Å². The lowest BCUT2D eigenvalue weighted by molar-refractivity contribution is 0.102. The van der Waals surface area contributed by atoms with Crippen molar-refractivity contribution in [3.63, 3.8) is 0 Å². The second-order valence-electron chi connectivity index (χ2n) is 7.57. The summed E-state index contributed by atoms with van der Waals surface area (Å²) in [5, 5.41) is 13.7. The summed E-state index contributed by atoms with van der Waals surface area (Å²) in [7, 11) is -2.46. The summed E-state index contributed by atoms with van der Waals surface area (Å²) >= 11 is 0. The van der Waals surface area contributed by atoms with E-state index in [4.69, 9.17) is 4.74 Å². The molecule has 0 aliphatic heterocycles. The van der Waals surface area contributed by atoms with Crippen molar-refractivity contribution >= 4 is 27.3 Å². The lowest BCUT2D eigenvalue weighted by Gasteiger charge is -2.13. The molecule has 0 spiro atoms. The van der Waals surface area contributed by atoms with Crippen LogP contribution in [0.1, 0.15) is 21.7 Å². The smallest absolute Gasteiger partial charge is 0.261 e. The van der Waals surface area contributed by atoms with E-state index in [1.165, 1.54) is 48.2 Å². The number of amides is 1. The van der Waals surface area contributed by atoms with Gasteiger partial charge in [0.15, 0.2) is 5.82 Å². The minimum Gasteiger partial charge on any atom is -0.497 e. The Hall–Kier alpha value is -4.32. The molecule has 0 aliphatic carbocycles. The quantitative estimate of drug-likeness (QED) is 0.401. The van der Waals surface area contributed by atoms with Gasteiger partial charge >= 0.3 is 0 Å². The van der Waals surface area contributed by atoms with Crippen LogP contribution in [0.3, 0.4) is 0 Å². The van der Waals surface area contributed by atoms with Crippen LogP contribution in [0.15, 0.2) is 65.6 Å². The van der Waals surface area contributed by atoms with Crippen molar-refractivity contribution in [2.24, 2.45) is 0 Å². The Kier molecular flexibility index (Phi) is 6.47. The molecule has 4 rings (SSSR count). The first-order valence-corrected chi connectivity index (χ1v) is 11.8. The monoisotopic (exact) mass is 496 g/mol. The highest BCUT2D eigenvalue weighted by Gasteiger charge is 2.19. The van der Waals surface area contributed by atoms with Crippen LogP contribution in [0.25, 0.3) is 5.69 Å². The number of methoxy groups -OCH3 is 1. The first-order chi connectivity index (χ1) is 16.7. The number of hydrogen-bond donors (Lipinski definition) is 2. The Bertz CT molecular complexity index is 1500. The molecule has 1 heterocycles. The van der Waals surface area contributed by atoms with E-state index in [1.807, 2.05) is 0 Å². The van der Waals surface area contributed by atoms with Gasteiger partial charge in [0.05, 0.1) is 12.0 Å². The highest BCUT2D eigenvalue weighted by Crippen LogP contribution is 2.23. The Labute approximate surface area is 200 Å². The minimum atomic E-state index is -3.97. The number of aromatic nitrogens is 4. The number of hydrogen-bond acceptors (Lipinski definition) is 7. The highest BCUT2D eigenvalue weighted by molar-refractivity contribution is 7.92. The molecule has 1 amide bonds. The zero-order chi connectivity index (χ0) is 25.2. The van der Waals surface area contributed by atoms with Gasteiger partial charge in [0, 0.05) is 16.9 Å². The third kappa shape index (κ3) is 5.11. The van der Waals surface area contributed by atoms with Gasteiger partial charge in [-0.15, -0.1) is 5.10 Å². The maximum Gasteiger partial charge on any atom is 0.261 e. The number of carbonyl (C=O) groups is 1. The van der Waals surface area contributed by atoms with Gasteiger partial charge in [-0.2, -0.15) is 4.68 Å². The first kappa shape index (κ1) is 23.8. The summed E-state index contributed by atoms with van der Waals surface area (Å²) in [6, 6.07) is 14.6. The lowest BCUT2D eigenvalue weighted by Crippen LogP contribution is -2.17. The molecule has 0 saturated heterocycles. The molecular formula is C23H21FN6O4S. The molecular weight excluding hydrogens is 475 g/mol. The minimum absolute atomic E-state index is 0.0574. The maximum atomic E-state index is 14.3. The van der Waals surface area contributed by atoms with E-state index in [0.717, 1.165) is 0 Å². The van der Waals surface area contributed by atoms with Gasteiger partial charge in [-0.25, -0.2) is 12.8 Å². The standard InChI is InChI=1S/C23H21FN6O4S/c1-14-4-10-19(35(32,33)27-16-5-8-18(34-3)9-6-16)13-20(14)23(31)25-17-7-11-21(24)22(12-17)30-15(2)26-28-29-30/h4-13,27H,1-3H3,(H,25,31). The molecule has 12 heteroatoms. The van der Waals surface area contributed by atoms with E-state index in [2.05, 4.69) is 25.6 Å². The van der Waals surface area contributed by atoms with Crippen molar-refractivity contribution < 1.29 is 22.3 Å². The van der Waals surface area contributed by atoms with Gasteiger partial charge in [0.2, 0.25) is 0 Å². The van der Waals surface area contributed by atoms with E-state index in [9.17, 15) is 17.6 Å². The molecule has 0 saturated carbocycles. The molecule has 180 valence electrons. The van der Waals surface area contributed by atoms with Crippen LogP contribution >= 0.6 is 0 Å². The van der Waals surface area contributed by atoms with E-state index in [0.29, 0.717) is 22.8 Å². The van der Waals surface area contributed by atoms with Crippen molar-refractivity contribution in [2.45, 2.75) is 18.7 Å². The number of rotatable bonds is 7. The fraction of sp³-hybridized carbons (Fsp3) is 0.130. The highest BCUT2D eigenvalue weighted by atomic mass is 32.2. The Morgan fingerprint density at radius 2 is 1.71 bits per heavy atom. The number of carbonyl (C=O) groups excluding carboxylic acids is 1. The lowest BCUT2D eigenvalue weighted by atomic mass is 10.1. The normalized spacial score (nSPS) is 11.2. The van der Waals surface area contributed by atoms with Crippen molar-refractivity contribution in [3.05, 3.63) is 83.4 Å². The van der Waals surface area contributed by atoms with Crippen molar-refractivity contribution in [1.82, 2.24) is 20.2 Å². The predicted molar refractivity (Wildman–Crippen MR) is 127 cm³/mol. The molecule has 4 aromatic rings. The molecule has 0 fully saturated rings. The van der Waals surface area contributed by atoms with E-state index in [1.54, 1.807) is 38.1 Å². The molecule has 35 heavy (non-hydrogen) atoms. The number of ether oxygens (including phenoxy) is 1. The molecule has 0 aliphatic rings. The van der Waals surface area contributed by atoms with E-state index in [-0.39, 0.29) is 21.8 Å². The second kappa shape index (κ2) is 9.50. The third-order valence-corrected chi connectivity index (χ3v) is 6.54. The topological polar surface area (TPSA) is 128 Å². The van der Waals surface area contributed by atoms with Crippen LogP contribution < -0.4 is 14.8 Å². The number of nitrogens with one attached hydrogen (secondary N) is 2. The zero-order valence-corrected chi connectivity index (χ0v) is 19.8. The van der Waals surface area contributed by atoms with Gasteiger partial charge in [0.1, 0.15) is 17.3 Å². The van der Waals surface area contributed by atoms with Gasteiger partial charge in [0.25, 0.3) is 15.9 Å². The summed E-state index contributed by atoms with van der Waals surface area (Å²) in [6.45, 7) is 3.29. The molecule has 0 unspecified atom stereocenters. The molecule has 10 nitrogen and oxygen atoms in total. The van der Waals surface area contributed by atoms with E-state index >= 15 is 0 Å². The van der Waals surface area contributed by atoms with Crippen LogP contribution in [0.4, 0.5) is 15.8 Å². The maximum absolute atomic E-state index is 14.3. The number of halogens is 1. The van der Waals surface area contributed by atoms with Gasteiger partial charge in [-0.1, -0.05) is 6.07 Å². The van der Waals surface area contributed by atoms with Crippen molar-refractivity contribution in [1.29, 1.82) is 0 Å². The zero-order valence-electron chi connectivity index (χ0n) is 19.0. The number of benzene rings is 3. The first-order valence-electron chi connectivity index (χ1n) is 10.3. The van der Waals surface area contributed by atoms with Crippen LogP contribution in [0, 0.1) is 19.7 Å². The SMILES string of the molecule is COc1ccc(NS(=O)(=O)c2ccc(C)c(C(=O)Nc3ccc(F)c(-n4nnnc4C)c3)c2)cc1. The average Bonchev–Trinajstić information content (AvgIpc) is 3.26. The number of aryl methyl sites for hydroxylation is 2. The second-order valence-corrected chi connectivity index (χ2v) is 9.25. The summed E-state index contributed by atoms with van der Waals surface area (Å²) in [5.74, 6) is -0.186. The Balaban J connectivity index is 1.59. The summed E-state index contributed by atoms with van der Waals surface area (Å²) in [6.07, 6.45) is 0. The van der Waals surface area contributed by atoms with Crippen LogP contribution in [-0.2, 0) is 10.0 Å². The molecule has 0 radical (unpaired) electrons. The Morgan fingerprint density at radius 1 is 1.00 bits per heavy atom. The number of anilines is 2. The Morgan fingerprint density at radius 3 is 2.37 bits per heavy atom. The van der Waals surface area contributed by atoms with Crippen LogP contribution in [0.5, 0.6) is 5.75 Å². The molecule has 0 bridgehead atoms. The number of tetrazole rings is 1. The fourth-order valence-electron chi connectivity index (χ4n) is 3.29. The van der Waals surface area contributed by atoms with Crippen LogP contribution in [-0.4, -0.2) is 41.6 Å². The van der Waals surface area contributed by atoms with Gasteiger partial charge < -0.3 is 10.1 Å². The number of nitrogens with zero attached hydrogens (tertiary/aromatic N) is 4. The fourth-order valence-corrected chi connectivity index (χ4v) is 4.38. The van der Waals surface area contributed by atoms with E-state index < -0.39 is 21.7 Å². The number of sulfonamides is 1. The van der Waals surface area contributed by atoms with Crippen molar-refractivity contribution in [3.8, 4) is 11.4 Å². The largest absolute Gasteiger partial charge is 0.497 e. The van der Waals surface area contributed by atoms with Crippen molar-refractivity contribution in [2.75, 3.05) is 17.1 Å². The summed E-state index contributed by atoms with van der Waals surface area (Å²) in [5.41, 5.74) is 1.39. The molecule has 2 N–H and O–H groups in total. The molecule has 0 atom stereocenters. The summed E-state index contributed by atoms with van der Waals surface area (Å²) in [4.78, 5) is 12.9. The molecule has 1 aromatic heterocycles. The third-order valence-electron chi connectivity index (χ3n) is 5.16. The summed E-state index contributed by atoms with van der Waals surface area (Å²) < 4.78 is 48.9. The van der Waals surface area contributed by atoms with Gasteiger partial charge in [-0.3, -0.25) is 9.52 Å². The average molecular weight is 497 g/mol. The predicted octanol–water partition coefficient (Wildman–Crippen LogP) is 3.48. The van der Waals surface area contributed by atoms with Gasteiger partial charge in [-0.05, 0) is 84.4 Å².